The zero-order valence-corrected chi connectivity index (χ0v) is 18.4. The fourth-order valence-electron chi connectivity index (χ4n) is 2.76. The molecule has 1 heterocycles. The predicted octanol–water partition coefficient (Wildman–Crippen LogP) is 5.26. The highest BCUT2D eigenvalue weighted by molar-refractivity contribution is 7.89. The summed E-state index contributed by atoms with van der Waals surface area (Å²) < 4.78 is 28.5. The van der Waals surface area contributed by atoms with E-state index in [0.29, 0.717) is 30.2 Å². The Morgan fingerprint density at radius 1 is 1.14 bits per heavy atom. The van der Waals surface area contributed by atoms with Crippen LogP contribution in [0.5, 0.6) is 0 Å². The normalized spacial score (nSPS) is 13.0. The third-order valence-corrected chi connectivity index (χ3v) is 7.29. The van der Waals surface area contributed by atoms with E-state index in [1.807, 2.05) is 12.1 Å². The molecule has 5 nitrogen and oxygen atoms in total. The highest BCUT2D eigenvalue weighted by Crippen LogP contribution is 2.30. The van der Waals surface area contributed by atoms with Gasteiger partial charge in [0.1, 0.15) is 0 Å². The second-order valence-electron chi connectivity index (χ2n) is 7.15. The minimum Gasteiger partial charge on any atom is -0.481 e. The van der Waals surface area contributed by atoms with E-state index in [2.05, 4.69) is 18.6 Å². The fraction of sp³-hybridized carbons (Fsp3) is 0.450. The van der Waals surface area contributed by atoms with Crippen molar-refractivity contribution in [3.63, 3.8) is 0 Å². The third-order valence-electron chi connectivity index (χ3n) is 4.29. The van der Waals surface area contributed by atoms with Gasteiger partial charge in [-0.25, -0.2) is 13.1 Å². The molecule has 0 fully saturated rings. The molecule has 1 unspecified atom stereocenters. The molecule has 2 rings (SSSR count). The second kappa shape index (κ2) is 10.4. The largest absolute Gasteiger partial charge is 0.481 e. The van der Waals surface area contributed by atoms with Crippen LogP contribution in [-0.4, -0.2) is 19.5 Å². The third kappa shape index (κ3) is 7.20. The smallest absolute Gasteiger partial charge is 0.303 e. The van der Waals surface area contributed by atoms with Gasteiger partial charge in [-0.05, 0) is 68.0 Å². The Hall–Kier alpha value is -1.41. The van der Waals surface area contributed by atoms with E-state index < -0.39 is 16.0 Å². The van der Waals surface area contributed by atoms with Gasteiger partial charge in [0.15, 0.2) is 0 Å². The van der Waals surface area contributed by atoms with Crippen molar-refractivity contribution >= 4 is 38.9 Å². The van der Waals surface area contributed by atoms with Gasteiger partial charge in [0.25, 0.3) is 0 Å². The molecule has 154 valence electrons. The molecule has 28 heavy (non-hydrogen) atoms. The number of thiophene rings is 1. The Morgan fingerprint density at radius 3 is 2.43 bits per heavy atom. The van der Waals surface area contributed by atoms with Crippen LogP contribution in [0.15, 0.2) is 41.3 Å². The van der Waals surface area contributed by atoms with Gasteiger partial charge < -0.3 is 5.11 Å². The molecule has 0 saturated carbocycles. The minimum atomic E-state index is -3.67. The summed E-state index contributed by atoms with van der Waals surface area (Å²) in [5.41, 5.74) is 0. The van der Waals surface area contributed by atoms with Crippen molar-refractivity contribution in [1.29, 1.82) is 0 Å². The average Bonchev–Trinajstić information content (AvgIpc) is 3.07. The first-order valence-corrected chi connectivity index (χ1v) is 11.9. The molecule has 0 amide bonds. The number of benzene rings is 1. The highest BCUT2D eigenvalue weighted by atomic mass is 35.5. The van der Waals surface area contributed by atoms with E-state index in [9.17, 15) is 13.2 Å². The molecule has 0 spiro atoms. The molecule has 1 aromatic heterocycles. The van der Waals surface area contributed by atoms with Gasteiger partial charge >= 0.3 is 5.97 Å². The molecule has 0 bridgehead atoms. The van der Waals surface area contributed by atoms with Crippen LogP contribution in [0.4, 0.5) is 0 Å². The Balaban J connectivity index is 2.16. The molecule has 2 N–H and O–H groups in total. The van der Waals surface area contributed by atoms with Crippen LogP contribution in [-0.2, 0) is 21.2 Å². The van der Waals surface area contributed by atoms with Crippen molar-refractivity contribution in [2.45, 2.75) is 56.9 Å². The van der Waals surface area contributed by atoms with E-state index in [-0.39, 0.29) is 17.4 Å². The number of aliphatic carboxylic acids is 1. The number of carboxylic acids is 1. The predicted molar refractivity (Wildman–Crippen MR) is 113 cm³/mol. The molecule has 1 aromatic carbocycles. The summed E-state index contributed by atoms with van der Waals surface area (Å²) in [5, 5.41) is 9.26. The van der Waals surface area contributed by atoms with Gasteiger partial charge in [0.05, 0.1) is 10.9 Å². The number of hydrogen-bond acceptors (Lipinski definition) is 4. The van der Waals surface area contributed by atoms with Crippen LogP contribution in [0.1, 0.15) is 55.3 Å². The Labute approximate surface area is 175 Å². The quantitative estimate of drug-likeness (QED) is 0.495. The topological polar surface area (TPSA) is 83.5 Å². The lowest BCUT2D eigenvalue weighted by Gasteiger charge is -2.19. The maximum absolute atomic E-state index is 12.8. The van der Waals surface area contributed by atoms with Crippen LogP contribution < -0.4 is 4.72 Å². The highest BCUT2D eigenvalue weighted by Gasteiger charge is 2.23. The molecular formula is C20H26ClNO4S2. The number of halogens is 1. The molecule has 1 atom stereocenters. The Kier molecular flexibility index (Phi) is 8.49. The molecule has 0 aliphatic rings. The number of carbonyl (C=O) groups is 1. The van der Waals surface area contributed by atoms with Crippen molar-refractivity contribution in [1.82, 2.24) is 4.72 Å². The van der Waals surface area contributed by atoms with E-state index in [1.165, 1.54) is 12.1 Å². The lowest BCUT2D eigenvalue weighted by atomic mass is 10.0. The van der Waals surface area contributed by atoms with Crippen molar-refractivity contribution in [3.05, 3.63) is 51.2 Å². The number of sulfonamides is 1. The SMILES string of the molecule is CC(C)CCC(NS(=O)(=O)c1ccc(Cl)cc1)c1ccc(CCCC(=O)O)s1. The molecule has 8 heteroatoms. The zero-order chi connectivity index (χ0) is 20.7. The summed E-state index contributed by atoms with van der Waals surface area (Å²) in [4.78, 5) is 12.9. The van der Waals surface area contributed by atoms with Gasteiger partial charge in [-0.1, -0.05) is 25.4 Å². The first kappa shape index (κ1) is 22.9. The van der Waals surface area contributed by atoms with Crippen molar-refractivity contribution in [2.75, 3.05) is 0 Å². The lowest BCUT2D eigenvalue weighted by Crippen LogP contribution is -2.28. The van der Waals surface area contributed by atoms with Gasteiger partial charge in [0, 0.05) is 21.2 Å². The minimum absolute atomic E-state index is 0.132. The van der Waals surface area contributed by atoms with Crippen molar-refractivity contribution < 1.29 is 18.3 Å². The summed E-state index contributed by atoms with van der Waals surface area (Å²) in [6.07, 6.45) is 2.97. The molecule has 0 aliphatic carbocycles. The van der Waals surface area contributed by atoms with Gasteiger partial charge in [-0.2, -0.15) is 0 Å². The van der Waals surface area contributed by atoms with Crippen LogP contribution in [0, 0.1) is 5.92 Å². The first-order valence-electron chi connectivity index (χ1n) is 9.25. The van der Waals surface area contributed by atoms with Gasteiger partial charge in [-0.15, -0.1) is 11.3 Å². The Morgan fingerprint density at radius 2 is 1.82 bits per heavy atom. The summed E-state index contributed by atoms with van der Waals surface area (Å²) >= 11 is 7.40. The second-order valence-corrected chi connectivity index (χ2v) is 10.5. The van der Waals surface area contributed by atoms with Crippen LogP contribution >= 0.6 is 22.9 Å². The van der Waals surface area contributed by atoms with Crippen LogP contribution in [0.2, 0.25) is 5.02 Å². The zero-order valence-electron chi connectivity index (χ0n) is 16.0. The molecule has 0 saturated heterocycles. The standard InChI is InChI=1S/C20H26ClNO4S2/c1-14(2)6-12-18(19-13-9-16(27-19)4-3-5-20(23)24)22-28(25,26)17-10-7-15(21)8-11-17/h7-11,13-14,18,22H,3-6,12H2,1-2H3,(H,23,24). The number of hydrogen-bond donors (Lipinski definition) is 2. The first-order chi connectivity index (χ1) is 13.2. The van der Waals surface area contributed by atoms with Crippen molar-refractivity contribution in [2.24, 2.45) is 5.92 Å². The summed E-state index contributed by atoms with van der Waals surface area (Å²) in [6, 6.07) is 9.69. The Bertz CT molecular complexity index is 876. The summed E-state index contributed by atoms with van der Waals surface area (Å²) in [6.45, 7) is 4.22. The van der Waals surface area contributed by atoms with E-state index in [4.69, 9.17) is 16.7 Å². The summed E-state index contributed by atoms with van der Waals surface area (Å²) in [5.74, 6) is -0.347. The number of carboxylic acid groups (broad SMARTS) is 1. The van der Waals surface area contributed by atoms with E-state index >= 15 is 0 Å². The molecule has 0 radical (unpaired) electrons. The monoisotopic (exact) mass is 443 g/mol. The molecule has 0 aliphatic heterocycles. The molecule has 2 aromatic rings. The van der Waals surface area contributed by atoms with Crippen LogP contribution in [0.3, 0.4) is 0 Å². The maximum Gasteiger partial charge on any atom is 0.303 e. The number of rotatable bonds is 11. The van der Waals surface area contributed by atoms with E-state index in [1.54, 1.807) is 23.5 Å². The van der Waals surface area contributed by atoms with Gasteiger partial charge in [0.2, 0.25) is 10.0 Å². The lowest BCUT2D eigenvalue weighted by molar-refractivity contribution is -0.137. The number of aryl methyl sites for hydroxylation is 1. The maximum atomic E-state index is 12.8. The van der Waals surface area contributed by atoms with Crippen LogP contribution in [0.25, 0.3) is 0 Å². The fourth-order valence-corrected chi connectivity index (χ4v) is 5.35. The average molecular weight is 444 g/mol. The van der Waals surface area contributed by atoms with E-state index in [0.717, 1.165) is 16.2 Å². The summed E-state index contributed by atoms with van der Waals surface area (Å²) in [7, 11) is -3.67. The van der Waals surface area contributed by atoms with Gasteiger partial charge in [-0.3, -0.25) is 4.79 Å². The molecular weight excluding hydrogens is 418 g/mol. The number of nitrogens with one attached hydrogen (secondary N) is 1. The van der Waals surface area contributed by atoms with Crippen molar-refractivity contribution in [3.8, 4) is 0 Å².